The van der Waals surface area contributed by atoms with E-state index in [-0.39, 0.29) is 30.0 Å². The van der Waals surface area contributed by atoms with Crippen molar-refractivity contribution in [3.05, 3.63) is 73.1 Å². The van der Waals surface area contributed by atoms with Crippen molar-refractivity contribution < 1.29 is 33.0 Å². The van der Waals surface area contributed by atoms with Crippen molar-refractivity contribution in [2.45, 2.75) is 50.2 Å². The highest BCUT2D eigenvalue weighted by atomic mass is 28.4. The molecule has 0 radical (unpaired) electrons. The van der Waals surface area contributed by atoms with Crippen LogP contribution in [0.5, 0.6) is 0 Å². The summed E-state index contributed by atoms with van der Waals surface area (Å²) in [6.07, 6.45) is 3.37. The number of nitrogens with zero attached hydrogens (tertiary/aromatic N) is 4. The first-order valence-corrected chi connectivity index (χ1v) is 16.0. The minimum absolute atomic E-state index is 0.0220. The molecule has 234 valence electrons. The molecule has 0 saturated carbocycles. The standard InChI is InChI=1S/C31H33FN6O6Si/c1-5-31(18-42-45(30(2,3)4,20-12-8-6-9-13-20)21-14-10-7-11-15-21)22(43-29(41)34-17-24(39)40)16-23(44-31)38-19-35-25-26(33)36-28(32)37-27(25)38/h1,6-15,19,22-23H,16-18H2,2-4H3,(H,34,41)(H,39,40)(H2,33,36,37)/t22-,23+,31+/m0/s1. The molecule has 5 rings (SSSR count). The van der Waals surface area contributed by atoms with Crippen molar-refractivity contribution in [2.24, 2.45) is 0 Å². The van der Waals surface area contributed by atoms with Crippen molar-refractivity contribution in [1.29, 1.82) is 0 Å². The van der Waals surface area contributed by atoms with Crippen LogP contribution in [0.1, 0.15) is 33.4 Å². The molecule has 4 N–H and O–H groups in total. The summed E-state index contributed by atoms with van der Waals surface area (Å²) in [5, 5.41) is 12.8. The number of halogens is 1. The third-order valence-corrected chi connectivity index (χ3v) is 12.8. The number of rotatable bonds is 9. The second-order valence-electron chi connectivity index (χ2n) is 11.6. The zero-order chi connectivity index (χ0) is 32.4. The maximum atomic E-state index is 14.2. The average molecular weight is 633 g/mol. The summed E-state index contributed by atoms with van der Waals surface area (Å²) < 4.78 is 34.9. The van der Waals surface area contributed by atoms with Crippen LogP contribution in [0.4, 0.5) is 15.0 Å². The molecular formula is C31H33FN6O6Si. The fraction of sp³-hybridized carbons (Fsp3) is 0.323. The predicted molar refractivity (Wildman–Crippen MR) is 165 cm³/mol. The number of nitrogens with one attached hydrogen (secondary N) is 1. The highest BCUT2D eigenvalue weighted by Gasteiger charge is 2.56. The number of aliphatic carboxylic acids is 1. The molecule has 45 heavy (non-hydrogen) atoms. The lowest BCUT2D eigenvalue weighted by molar-refractivity contribution is -0.136. The number of imidazole rings is 1. The van der Waals surface area contributed by atoms with Crippen LogP contribution in [0, 0.1) is 18.4 Å². The predicted octanol–water partition coefficient (Wildman–Crippen LogP) is 2.59. The first-order valence-electron chi connectivity index (χ1n) is 14.1. The summed E-state index contributed by atoms with van der Waals surface area (Å²) >= 11 is 0. The van der Waals surface area contributed by atoms with Crippen molar-refractivity contribution in [3.63, 3.8) is 0 Å². The van der Waals surface area contributed by atoms with Gasteiger partial charge >= 0.3 is 18.1 Å². The second kappa shape index (κ2) is 12.3. The number of carbonyl (C=O) groups is 2. The van der Waals surface area contributed by atoms with E-state index in [0.717, 1.165) is 10.4 Å². The summed E-state index contributed by atoms with van der Waals surface area (Å²) in [6.45, 7) is 5.43. The number of hydrogen-bond donors (Lipinski definition) is 3. The summed E-state index contributed by atoms with van der Waals surface area (Å²) in [7, 11) is -3.14. The van der Waals surface area contributed by atoms with Gasteiger partial charge in [0.25, 0.3) is 8.32 Å². The van der Waals surface area contributed by atoms with Gasteiger partial charge < -0.3 is 30.1 Å². The summed E-state index contributed by atoms with van der Waals surface area (Å²) in [6, 6.07) is 19.7. The molecule has 12 nitrogen and oxygen atoms in total. The molecule has 1 aliphatic heterocycles. The Bertz CT molecular complexity index is 1700. The SMILES string of the molecule is C#C[C@]1(CO[Si](c2ccccc2)(c2ccccc2)C(C)(C)C)O[C@@H](n2cnc3c(N)nc(F)nc32)C[C@@H]1OC(=O)NCC(=O)O. The lowest BCUT2D eigenvalue weighted by Gasteiger charge is -2.44. The Morgan fingerprint density at radius 2 is 1.80 bits per heavy atom. The van der Waals surface area contributed by atoms with E-state index in [0.29, 0.717) is 0 Å². The molecule has 3 atom stereocenters. The van der Waals surface area contributed by atoms with Gasteiger partial charge in [0.2, 0.25) is 0 Å². The molecule has 2 aromatic carbocycles. The van der Waals surface area contributed by atoms with E-state index in [1.165, 1.54) is 10.9 Å². The van der Waals surface area contributed by atoms with Crippen LogP contribution in [-0.4, -0.2) is 69.9 Å². The second-order valence-corrected chi connectivity index (χ2v) is 15.9. The Labute approximate surface area is 259 Å². The third-order valence-electron chi connectivity index (χ3n) is 7.81. The maximum absolute atomic E-state index is 14.2. The minimum Gasteiger partial charge on any atom is -0.480 e. The van der Waals surface area contributed by atoms with E-state index in [1.807, 2.05) is 60.7 Å². The van der Waals surface area contributed by atoms with Crippen molar-refractivity contribution in [3.8, 4) is 12.3 Å². The molecule has 2 aromatic heterocycles. The number of amides is 1. The molecule has 0 bridgehead atoms. The van der Waals surface area contributed by atoms with Gasteiger partial charge in [0.1, 0.15) is 12.8 Å². The van der Waals surface area contributed by atoms with Crippen molar-refractivity contribution in [2.75, 3.05) is 18.9 Å². The third kappa shape index (κ3) is 5.97. The van der Waals surface area contributed by atoms with Gasteiger partial charge in [-0.2, -0.15) is 14.4 Å². The number of aromatic nitrogens is 4. The summed E-state index contributed by atoms with van der Waals surface area (Å²) in [5.74, 6) is 1.26. The number of ether oxygens (including phenoxy) is 2. The monoisotopic (exact) mass is 632 g/mol. The highest BCUT2D eigenvalue weighted by molar-refractivity contribution is 6.99. The molecule has 1 saturated heterocycles. The van der Waals surface area contributed by atoms with Gasteiger partial charge in [-0.3, -0.25) is 9.36 Å². The van der Waals surface area contributed by atoms with Crippen LogP contribution < -0.4 is 21.4 Å². The van der Waals surface area contributed by atoms with Gasteiger partial charge in [0, 0.05) is 6.42 Å². The molecule has 1 aliphatic rings. The number of fused-ring (bicyclic) bond motifs is 1. The van der Waals surface area contributed by atoms with E-state index in [2.05, 4.69) is 47.0 Å². The first kappa shape index (κ1) is 31.6. The zero-order valence-electron chi connectivity index (χ0n) is 24.9. The highest BCUT2D eigenvalue weighted by Crippen LogP contribution is 2.43. The fourth-order valence-corrected chi connectivity index (χ4v) is 10.4. The number of hydrogen-bond acceptors (Lipinski definition) is 9. The smallest absolute Gasteiger partial charge is 0.408 e. The molecule has 0 spiro atoms. The summed E-state index contributed by atoms with van der Waals surface area (Å²) in [4.78, 5) is 35.4. The van der Waals surface area contributed by atoms with E-state index in [4.69, 9.17) is 31.2 Å². The fourth-order valence-electron chi connectivity index (χ4n) is 5.77. The number of nitrogen functional groups attached to an aromatic ring is 1. The molecule has 1 amide bonds. The Balaban J connectivity index is 1.58. The molecule has 3 heterocycles. The van der Waals surface area contributed by atoms with E-state index in [9.17, 15) is 14.0 Å². The molecule has 14 heteroatoms. The van der Waals surface area contributed by atoms with E-state index >= 15 is 0 Å². The molecular weight excluding hydrogens is 599 g/mol. The molecule has 0 aliphatic carbocycles. The Morgan fingerprint density at radius 1 is 1.18 bits per heavy atom. The average Bonchev–Trinajstić information content (AvgIpc) is 3.58. The number of carbonyl (C=O) groups excluding carboxylic acids is 1. The largest absolute Gasteiger partial charge is 0.480 e. The van der Waals surface area contributed by atoms with E-state index < -0.39 is 56.0 Å². The van der Waals surface area contributed by atoms with Crippen LogP contribution in [0.15, 0.2) is 67.0 Å². The lowest BCUT2D eigenvalue weighted by Crippen LogP contribution is -2.68. The van der Waals surface area contributed by atoms with Crippen molar-refractivity contribution in [1.82, 2.24) is 24.8 Å². The van der Waals surface area contributed by atoms with Gasteiger partial charge in [-0.25, -0.2) is 9.78 Å². The normalized spacial score (nSPS) is 20.1. The van der Waals surface area contributed by atoms with Crippen LogP contribution in [0.25, 0.3) is 11.2 Å². The number of nitrogens with two attached hydrogens (primary N) is 1. The number of carboxylic acids is 1. The molecule has 1 fully saturated rings. The van der Waals surface area contributed by atoms with E-state index in [1.54, 1.807) is 0 Å². The Hall–Kier alpha value is -4.84. The number of anilines is 1. The van der Waals surface area contributed by atoms with Gasteiger partial charge in [0.15, 0.2) is 28.7 Å². The van der Waals surface area contributed by atoms with Crippen LogP contribution >= 0.6 is 0 Å². The number of alkyl carbamates (subject to hydrolysis) is 1. The first-order chi connectivity index (χ1) is 21.4. The summed E-state index contributed by atoms with van der Waals surface area (Å²) in [5.41, 5.74) is 4.41. The van der Waals surface area contributed by atoms with Gasteiger partial charge in [-0.15, -0.1) is 6.42 Å². The minimum atomic E-state index is -3.14. The van der Waals surface area contributed by atoms with Crippen LogP contribution in [-0.2, 0) is 18.7 Å². The zero-order valence-corrected chi connectivity index (χ0v) is 25.9. The Morgan fingerprint density at radius 3 is 2.36 bits per heavy atom. The number of carboxylic acid groups (broad SMARTS) is 1. The van der Waals surface area contributed by atoms with Gasteiger partial charge in [0.05, 0.1) is 12.9 Å². The molecule has 0 unspecified atom stereocenters. The quantitative estimate of drug-likeness (QED) is 0.142. The number of terminal acetylenes is 1. The maximum Gasteiger partial charge on any atom is 0.408 e. The van der Waals surface area contributed by atoms with Crippen LogP contribution in [0.3, 0.4) is 0 Å². The Kier molecular flexibility index (Phi) is 8.61. The molecule has 4 aromatic rings. The van der Waals surface area contributed by atoms with Crippen molar-refractivity contribution >= 4 is 47.7 Å². The topological polar surface area (TPSA) is 164 Å². The van der Waals surface area contributed by atoms with Gasteiger partial charge in [-0.05, 0) is 15.4 Å². The number of benzene rings is 2. The van der Waals surface area contributed by atoms with Crippen LogP contribution in [0.2, 0.25) is 5.04 Å². The van der Waals surface area contributed by atoms with Gasteiger partial charge in [-0.1, -0.05) is 87.4 Å². The lowest BCUT2D eigenvalue weighted by atomic mass is 9.98.